The summed E-state index contributed by atoms with van der Waals surface area (Å²) in [6, 6.07) is 8.48. The van der Waals surface area contributed by atoms with Gasteiger partial charge in [-0.2, -0.15) is 0 Å². The van der Waals surface area contributed by atoms with Gasteiger partial charge in [0, 0.05) is 13.3 Å². The maximum atomic E-state index is 11.5. The molecule has 0 fully saturated rings. The minimum Gasteiger partial charge on any atom is -0.504 e. The lowest BCUT2D eigenvalue weighted by molar-refractivity contribution is -0.148. The Balaban J connectivity index is 1.97. The Bertz CT molecular complexity index is 871. The second-order valence-corrected chi connectivity index (χ2v) is 7.55. The van der Waals surface area contributed by atoms with E-state index < -0.39 is 18.2 Å². The van der Waals surface area contributed by atoms with E-state index in [1.165, 1.54) is 28.3 Å². The number of hydrogen-bond donors (Lipinski definition) is 3. The van der Waals surface area contributed by atoms with Crippen LogP contribution in [0.3, 0.4) is 0 Å². The molecule has 0 aliphatic heterocycles. The zero-order chi connectivity index (χ0) is 23.7. The molecule has 0 aliphatic carbocycles. The molecule has 0 bridgehead atoms. The number of phenolic OH excluding ortho intramolecular Hbond substituents is 2. The van der Waals surface area contributed by atoms with Crippen LogP contribution in [-0.2, 0) is 22.4 Å². The zero-order valence-electron chi connectivity index (χ0n) is 19.0. The fraction of sp³-hybridized carbons (Fsp3) is 0.458. The molecule has 8 heteroatoms. The van der Waals surface area contributed by atoms with Crippen molar-refractivity contribution in [3.8, 4) is 28.7 Å². The van der Waals surface area contributed by atoms with Gasteiger partial charge in [0.15, 0.2) is 23.0 Å². The minimum absolute atomic E-state index is 0.0608. The molecule has 8 nitrogen and oxygen atoms in total. The third-order valence-corrected chi connectivity index (χ3v) is 5.17. The topological polar surface area (TPSA) is 115 Å². The van der Waals surface area contributed by atoms with Crippen LogP contribution in [0.4, 0.5) is 0 Å². The molecule has 2 aromatic carbocycles. The normalized spacial score (nSPS) is 12.7. The standard InChI is InChI=1S/C24H32O8/c1-15(25)32-19(9-6-16-7-10-20(27)21(11-16)29-2)14-18(26)8-5-17-12-22(30-3)24(28)23(13-17)31-4/h7,10-13,18-19,26-28H,5-6,8-9,14H2,1-4H3. The Morgan fingerprint density at radius 3 is 2.00 bits per heavy atom. The summed E-state index contributed by atoms with van der Waals surface area (Å²) < 4.78 is 20.9. The van der Waals surface area contributed by atoms with Crippen LogP contribution < -0.4 is 14.2 Å². The summed E-state index contributed by atoms with van der Waals surface area (Å²) in [6.07, 6.45) is 1.21. The second kappa shape index (κ2) is 12.0. The first-order valence-electron chi connectivity index (χ1n) is 10.4. The van der Waals surface area contributed by atoms with Crippen molar-refractivity contribution in [2.24, 2.45) is 0 Å². The molecule has 2 unspecified atom stereocenters. The molecule has 176 valence electrons. The highest BCUT2D eigenvalue weighted by molar-refractivity contribution is 5.66. The number of methoxy groups -OCH3 is 3. The molecule has 0 saturated heterocycles. The summed E-state index contributed by atoms with van der Waals surface area (Å²) in [5.74, 6) is 0.572. The van der Waals surface area contributed by atoms with Crippen LogP contribution in [0.25, 0.3) is 0 Å². The maximum Gasteiger partial charge on any atom is 0.302 e. The molecule has 32 heavy (non-hydrogen) atoms. The number of benzene rings is 2. The molecular weight excluding hydrogens is 416 g/mol. The molecule has 0 amide bonds. The van der Waals surface area contributed by atoms with Crippen molar-refractivity contribution in [2.75, 3.05) is 21.3 Å². The number of carbonyl (C=O) groups is 1. The summed E-state index contributed by atoms with van der Waals surface area (Å²) in [5, 5.41) is 30.3. The Kier molecular flexibility index (Phi) is 9.46. The van der Waals surface area contributed by atoms with Gasteiger partial charge in [-0.15, -0.1) is 0 Å². The average Bonchev–Trinajstić information content (AvgIpc) is 2.77. The van der Waals surface area contributed by atoms with Crippen LogP contribution in [-0.4, -0.2) is 54.8 Å². The summed E-state index contributed by atoms with van der Waals surface area (Å²) in [5.41, 5.74) is 1.77. The van der Waals surface area contributed by atoms with E-state index in [1.807, 2.05) is 0 Å². The fourth-order valence-electron chi connectivity index (χ4n) is 3.51. The van der Waals surface area contributed by atoms with Crippen molar-refractivity contribution in [1.82, 2.24) is 0 Å². The molecule has 3 N–H and O–H groups in total. The van der Waals surface area contributed by atoms with Crippen LogP contribution in [0.1, 0.15) is 37.3 Å². The Labute approximate surface area is 188 Å². The van der Waals surface area contributed by atoms with E-state index in [9.17, 15) is 20.1 Å². The van der Waals surface area contributed by atoms with Gasteiger partial charge in [0.05, 0.1) is 27.4 Å². The number of ether oxygens (including phenoxy) is 4. The van der Waals surface area contributed by atoms with Crippen molar-refractivity contribution >= 4 is 5.97 Å². The van der Waals surface area contributed by atoms with Gasteiger partial charge >= 0.3 is 5.97 Å². The Morgan fingerprint density at radius 2 is 1.44 bits per heavy atom. The first kappa shape index (κ1) is 25.1. The van der Waals surface area contributed by atoms with E-state index in [0.717, 1.165) is 11.1 Å². The van der Waals surface area contributed by atoms with Gasteiger partial charge in [-0.05, 0) is 61.1 Å². The first-order chi connectivity index (χ1) is 15.3. The van der Waals surface area contributed by atoms with Gasteiger partial charge in [-0.1, -0.05) is 6.07 Å². The van der Waals surface area contributed by atoms with Gasteiger partial charge in [0.1, 0.15) is 6.10 Å². The molecule has 2 rings (SSSR count). The molecule has 0 saturated carbocycles. The summed E-state index contributed by atoms with van der Waals surface area (Å²) in [4.78, 5) is 11.5. The number of phenols is 2. The number of rotatable bonds is 12. The zero-order valence-corrected chi connectivity index (χ0v) is 19.0. The van der Waals surface area contributed by atoms with Gasteiger partial charge < -0.3 is 34.3 Å². The highest BCUT2D eigenvalue weighted by atomic mass is 16.5. The number of hydrogen-bond acceptors (Lipinski definition) is 8. The summed E-state index contributed by atoms with van der Waals surface area (Å²) in [7, 11) is 4.40. The highest BCUT2D eigenvalue weighted by Crippen LogP contribution is 2.37. The Morgan fingerprint density at radius 1 is 0.875 bits per heavy atom. The number of esters is 1. The van der Waals surface area contributed by atoms with Crippen molar-refractivity contribution in [3.05, 3.63) is 41.5 Å². The number of aryl methyl sites for hydroxylation is 2. The van der Waals surface area contributed by atoms with Gasteiger partial charge in [-0.25, -0.2) is 0 Å². The summed E-state index contributed by atoms with van der Waals surface area (Å²) >= 11 is 0. The van der Waals surface area contributed by atoms with Crippen LogP contribution >= 0.6 is 0 Å². The lowest BCUT2D eigenvalue weighted by atomic mass is 9.98. The molecule has 0 heterocycles. The fourth-order valence-corrected chi connectivity index (χ4v) is 3.51. The van der Waals surface area contributed by atoms with E-state index in [2.05, 4.69) is 0 Å². The van der Waals surface area contributed by atoms with E-state index in [-0.39, 0.29) is 11.5 Å². The predicted molar refractivity (Wildman–Crippen MR) is 119 cm³/mol. The third-order valence-electron chi connectivity index (χ3n) is 5.17. The first-order valence-corrected chi connectivity index (χ1v) is 10.4. The van der Waals surface area contributed by atoms with Crippen molar-refractivity contribution < 1.29 is 39.1 Å². The van der Waals surface area contributed by atoms with Crippen LogP contribution in [0.15, 0.2) is 30.3 Å². The quantitative estimate of drug-likeness (QED) is 0.424. The lowest BCUT2D eigenvalue weighted by Gasteiger charge is -2.21. The Hall–Kier alpha value is -3.13. The predicted octanol–water partition coefficient (Wildman–Crippen LogP) is 3.37. The van der Waals surface area contributed by atoms with Crippen molar-refractivity contribution in [3.63, 3.8) is 0 Å². The summed E-state index contributed by atoms with van der Waals surface area (Å²) in [6.45, 7) is 1.35. The second-order valence-electron chi connectivity index (χ2n) is 7.55. The van der Waals surface area contributed by atoms with Gasteiger partial charge in [0.2, 0.25) is 5.75 Å². The van der Waals surface area contributed by atoms with Crippen molar-refractivity contribution in [2.45, 2.75) is 51.2 Å². The number of aliphatic hydroxyl groups is 1. The molecule has 2 aromatic rings. The van der Waals surface area contributed by atoms with Gasteiger partial charge in [-0.3, -0.25) is 4.79 Å². The number of aromatic hydroxyl groups is 2. The molecule has 0 aliphatic rings. The number of carbonyl (C=O) groups excluding carboxylic acids is 1. The maximum absolute atomic E-state index is 11.5. The molecule has 0 aromatic heterocycles. The van der Waals surface area contributed by atoms with E-state index in [1.54, 1.807) is 30.3 Å². The highest BCUT2D eigenvalue weighted by Gasteiger charge is 2.19. The smallest absolute Gasteiger partial charge is 0.302 e. The van der Waals surface area contributed by atoms with E-state index >= 15 is 0 Å². The molecule has 0 spiro atoms. The molecular formula is C24H32O8. The van der Waals surface area contributed by atoms with E-state index in [4.69, 9.17) is 18.9 Å². The monoisotopic (exact) mass is 448 g/mol. The van der Waals surface area contributed by atoms with Crippen LogP contribution in [0, 0.1) is 0 Å². The minimum atomic E-state index is -0.695. The van der Waals surface area contributed by atoms with Gasteiger partial charge in [0.25, 0.3) is 0 Å². The lowest BCUT2D eigenvalue weighted by Crippen LogP contribution is -2.24. The largest absolute Gasteiger partial charge is 0.504 e. The van der Waals surface area contributed by atoms with Crippen molar-refractivity contribution in [1.29, 1.82) is 0 Å². The van der Waals surface area contributed by atoms with E-state index in [0.29, 0.717) is 49.4 Å². The SMILES string of the molecule is COc1cc(CCC(CC(O)CCc2cc(OC)c(O)c(OC)c2)OC(C)=O)ccc1O. The molecule has 2 atom stereocenters. The molecule has 0 radical (unpaired) electrons. The van der Waals surface area contributed by atoms with Crippen LogP contribution in [0.5, 0.6) is 28.7 Å². The third kappa shape index (κ3) is 7.23. The average molecular weight is 449 g/mol. The van der Waals surface area contributed by atoms with Crippen LogP contribution in [0.2, 0.25) is 0 Å². The number of aliphatic hydroxyl groups excluding tert-OH is 1.